The first-order chi connectivity index (χ1) is 19.9. The Morgan fingerprint density at radius 2 is 1.70 bits per heavy atom. The van der Waals surface area contributed by atoms with Gasteiger partial charge in [-0.05, 0) is 99.8 Å². The van der Waals surface area contributed by atoms with Crippen molar-refractivity contribution in [2.24, 2.45) is 23.5 Å². The predicted molar refractivity (Wildman–Crippen MR) is 166 cm³/mol. The summed E-state index contributed by atoms with van der Waals surface area (Å²) in [5, 5.41) is 46.3. The van der Waals surface area contributed by atoms with E-state index in [1.807, 2.05) is 41.8 Å². The molecule has 0 bridgehead atoms. The van der Waals surface area contributed by atoms with Gasteiger partial charge in [-0.2, -0.15) is 0 Å². The van der Waals surface area contributed by atoms with Gasteiger partial charge >= 0.3 is 5.97 Å². The van der Waals surface area contributed by atoms with Crippen molar-refractivity contribution in [2.45, 2.75) is 148 Å². The molecule has 0 aliphatic carbocycles. The number of cyclic esters (lactones) is 1. The highest BCUT2D eigenvalue weighted by Crippen LogP contribution is 2.36. The van der Waals surface area contributed by atoms with Crippen molar-refractivity contribution in [3.05, 3.63) is 0 Å². The third-order valence-electron chi connectivity index (χ3n) is 9.83. The van der Waals surface area contributed by atoms with E-state index >= 15 is 0 Å². The standard InChI is InChI=1S/C32H63N3O8/c1-11-25-31(7,39)17-20(3)35(10)18-19(2)16-32(8,40)28(22(5)26(36)23(6)29(38)42-25)43-30-27(37)24(15-21(4)41-30)34(9)14-12-13-33/h19-28,30,36-37,39-40H,11-18,33H2,1-10H3/t19-,20-,21-,22+,23-,24+,25-,26+,27-,28-,30+,31+,32-/m1/s1. The first kappa shape index (κ1) is 38.3. The maximum absolute atomic E-state index is 13.3. The molecule has 0 aromatic heterocycles. The molecule has 0 spiro atoms. The number of aliphatic hydroxyl groups excluding tert-OH is 2. The topological polar surface area (TPSA) is 158 Å². The SMILES string of the molecule is CC[C@H]1OC(=O)[C@H](C)[C@@H](O)[C@H](C)[C@@H](O[C@@H]2O[C@H](C)C[C@H](N(C)CCCN)[C@H]2O)[C@](C)(O)C[C@@H](C)CN(C)[C@H](C)C[C@]1(C)O. The number of hydrogen-bond donors (Lipinski definition) is 5. The van der Waals surface area contributed by atoms with Crippen molar-refractivity contribution in [2.75, 3.05) is 33.7 Å². The van der Waals surface area contributed by atoms with Gasteiger partial charge in [0.1, 0.15) is 17.8 Å². The van der Waals surface area contributed by atoms with Gasteiger partial charge in [-0.15, -0.1) is 0 Å². The fraction of sp³-hybridized carbons (Fsp3) is 0.969. The summed E-state index contributed by atoms with van der Waals surface area (Å²) in [6.45, 7) is 16.4. The van der Waals surface area contributed by atoms with Crippen molar-refractivity contribution >= 4 is 5.97 Å². The van der Waals surface area contributed by atoms with Crippen LogP contribution >= 0.6 is 0 Å². The van der Waals surface area contributed by atoms with Gasteiger partial charge in [-0.3, -0.25) is 4.79 Å². The van der Waals surface area contributed by atoms with Crippen LogP contribution in [0, 0.1) is 17.8 Å². The molecule has 11 heteroatoms. The van der Waals surface area contributed by atoms with Gasteiger partial charge in [0.15, 0.2) is 6.29 Å². The molecule has 13 atom stereocenters. The molecule has 43 heavy (non-hydrogen) atoms. The number of nitrogens with zero attached hydrogens (tertiary/aromatic N) is 2. The Morgan fingerprint density at radius 1 is 1.07 bits per heavy atom. The molecule has 2 fully saturated rings. The number of esters is 1. The zero-order valence-electron chi connectivity index (χ0n) is 28.4. The van der Waals surface area contributed by atoms with Gasteiger partial charge < -0.3 is 50.2 Å². The minimum Gasteiger partial charge on any atom is -0.459 e. The molecule has 0 amide bonds. The predicted octanol–water partition coefficient (Wildman–Crippen LogP) is 1.72. The lowest BCUT2D eigenvalue weighted by Gasteiger charge is -2.47. The Labute approximate surface area is 260 Å². The molecule has 6 N–H and O–H groups in total. The molecular weight excluding hydrogens is 554 g/mol. The van der Waals surface area contributed by atoms with E-state index in [2.05, 4.69) is 9.80 Å². The number of rotatable bonds is 7. The molecule has 0 unspecified atom stereocenters. The molecule has 0 aromatic rings. The summed E-state index contributed by atoms with van der Waals surface area (Å²) in [6.07, 6.45) is -2.73. The number of carbonyl (C=O) groups excluding carboxylic acids is 1. The van der Waals surface area contributed by atoms with Crippen LogP contribution in [0.5, 0.6) is 0 Å². The Morgan fingerprint density at radius 3 is 2.28 bits per heavy atom. The summed E-state index contributed by atoms with van der Waals surface area (Å²) >= 11 is 0. The van der Waals surface area contributed by atoms with Crippen LogP contribution in [0.15, 0.2) is 0 Å². The van der Waals surface area contributed by atoms with Crippen LogP contribution in [0.2, 0.25) is 0 Å². The lowest BCUT2D eigenvalue weighted by atomic mass is 9.78. The van der Waals surface area contributed by atoms with E-state index in [0.717, 1.165) is 6.42 Å². The Kier molecular flexibility index (Phi) is 14.3. The number of aliphatic hydroxyl groups is 4. The molecular formula is C32H63N3O8. The Bertz CT molecular complexity index is 860. The fourth-order valence-corrected chi connectivity index (χ4v) is 7.18. The molecule has 0 radical (unpaired) electrons. The maximum atomic E-state index is 13.3. The van der Waals surface area contributed by atoms with Gasteiger partial charge in [0.25, 0.3) is 0 Å². The van der Waals surface area contributed by atoms with Crippen molar-refractivity contribution in [3.63, 3.8) is 0 Å². The van der Waals surface area contributed by atoms with Crippen LogP contribution in [-0.4, -0.2) is 130 Å². The summed E-state index contributed by atoms with van der Waals surface area (Å²) in [6, 6.07) is -0.274. The molecule has 2 heterocycles. The number of carbonyl (C=O) groups is 1. The van der Waals surface area contributed by atoms with Gasteiger partial charge in [0.2, 0.25) is 0 Å². The van der Waals surface area contributed by atoms with Crippen LogP contribution in [0.1, 0.15) is 87.5 Å². The molecule has 0 saturated carbocycles. The average Bonchev–Trinajstić information content (AvgIpc) is 2.91. The highest BCUT2D eigenvalue weighted by Gasteiger charge is 2.48. The van der Waals surface area contributed by atoms with Crippen molar-refractivity contribution in [1.29, 1.82) is 0 Å². The summed E-state index contributed by atoms with van der Waals surface area (Å²) in [4.78, 5) is 17.5. The third kappa shape index (κ3) is 10.0. The van der Waals surface area contributed by atoms with Gasteiger partial charge in [0.05, 0.1) is 29.8 Å². The molecule has 2 aliphatic heterocycles. The number of ether oxygens (including phenoxy) is 3. The van der Waals surface area contributed by atoms with Crippen LogP contribution in [0.3, 0.4) is 0 Å². The summed E-state index contributed by atoms with van der Waals surface area (Å²) in [7, 11) is 3.92. The molecule has 2 saturated heterocycles. The average molecular weight is 618 g/mol. The second kappa shape index (κ2) is 16.1. The van der Waals surface area contributed by atoms with Crippen LogP contribution in [-0.2, 0) is 19.0 Å². The van der Waals surface area contributed by atoms with Crippen LogP contribution in [0.4, 0.5) is 0 Å². The van der Waals surface area contributed by atoms with Gasteiger partial charge in [0, 0.05) is 24.5 Å². The Balaban J connectivity index is 2.47. The van der Waals surface area contributed by atoms with Crippen LogP contribution < -0.4 is 5.73 Å². The summed E-state index contributed by atoms with van der Waals surface area (Å²) < 4.78 is 18.4. The van der Waals surface area contributed by atoms with E-state index in [9.17, 15) is 25.2 Å². The zero-order valence-corrected chi connectivity index (χ0v) is 28.4. The van der Waals surface area contributed by atoms with E-state index in [0.29, 0.717) is 45.3 Å². The second-order valence-corrected chi connectivity index (χ2v) is 14.3. The monoisotopic (exact) mass is 617 g/mol. The van der Waals surface area contributed by atoms with Crippen molar-refractivity contribution in [3.8, 4) is 0 Å². The normalized spacial score (nSPS) is 44.9. The van der Waals surface area contributed by atoms with Gasteiger partial charge in [-0.25, -0.2) is 0 Å². The lowest BCUT2D eigenvalue weighted by molar-refractivity contribution is -0.299. The number of likely N-dealkylation sites (N-methyl/N-ethyl adjacent to an activating group) is 1. The molecule has 11 nitrogen and oxygen atoms in total. The second-order valence-electron chi connectivity index (χ2n) is 14.3. The smallest absolute Gasteiger partial charge is 0.311 e. The highest BCUT2D eigenvalue weighted by atomic mass is 16.7. The maximum Gasteiger partial charge on any atom is 0.311 e. The van der Waals surface area contributed by atoms with Crippen molar-refractivity contribution < 1.29 is 39.4 Å². The highest BCUT2D eigenvalue weighted by molar-refractivity contribution is 5.73. The first-order valence-electron chi connectivity index (χ1n) is 16.3. The number of nitrogens with two attached hydrogens (primary N) is 1. The molecule has 2 rings (SSSR count). The van der Waals surface area contributed by atoms with Crippen molar-refractivity contribution in [1.82, 2.24) is 9.80 Å². The third-order valence-corrected chi connectivity index (χ3v) is 9.83. The molecule has 254 valence electrons. The summed E-state index contributed by atoms with van der Waals surface area (Å²) in [5.74, 6) is -2.32. The molecule has 2 aliphatic rings. The van der Waals surface area contributed by atoms with Gasteiger partial charge in [-0.1, -0.05) is 20.8 Å². The fourth-order valence-electron chi connectivity index (χ4n) is 7.18. The van der Waals surface area contributed by atoms with E-state index in [-0.39, 0.29) is 24.1 Å². The minimum absolute atomic E-state index is 0.0107. The minimum atomic E-state index is -1.45. The van der Waals surface area contributed by atoms with Crippen LogP contribution in [0.25, 0.3) is 0 Å². The van der Waals surface area contributed by atoms with E-state index < -0.39 is 59.7 Å². The largest absolute Gasteiger partial charge is 0.459 e. The van der Waals surface area contributed by atoms with E-state index in [1.165, 1.54) is 0 Å². The number of hydrogen-bond acceptors (Lipinski definition) is 11. The lowest BCUT2D eigenvalue weighted by Crippen LogP contribution is -2.59. The first-order valence-corrected chi connectivity index (χ1v) is 16.3. The van der Waals surface area contributed by atoms with E-state index in [4.69, 9.17) is 19.9 Å². The quantitative estimate of drug-likeness (QED) is 0.265. The Hall–Kier alpha value is -0.890. The zero-order chi connectivity index (χ0) is 32.9. The van der Waals surface area contributed by atoms with E-state index in [1.54, 1.807) is 27.7 Å². The molecule has 0 aromatic carbocycles. The summed E-state index contributed by atoms with van der Waals surface area (Å²) in [5.41, 5.74) is 3.00.